The van der Waals surface area contributed by atoms with Gasteiger partial charge in [0.1, 0.15) is 5.75 Å². The van der Waals surface area contributed by atoms with Crippen molar-refractivity contribution in [3.05, 3.63) is 89.1 Å². The first-order valence-electron chi connectivity index (χ1n) is 11.5. The second kappa shape index (κ2) is 10.0. The van der Waals surface area contributed by atoms with Crippen LogP contribution in [0.2, 0.25) is 0 Å². The predicted octanol–water partition coefficient (Wildman–Crippen LogP) is 5.26. The third-order valence-corrected chi connectivity index (χ3v) is 5.82. The van der Waals surface area contributed by atoms with Crippen molar-refractivity contribution in [3.8, 4) is 5.75 Å². The summed E-state index contributed by atoms with van der Waals surface area (Å²) < 4.78 is 11.1. The number of benzene rings is 3. The first-order valence-corrected chi connectivity index (χ1v) is 11.5. The van der Waals surface area contributed by atoms with Crippen LogP contribution in [0.25, 0.3) is 10.8 Å². The summed E-state index contributed by atoms with van der Waals surface area (Å²) in [6, 6.07) is 19.4. The lowest BCUT2D eigenvalue weighted by Gasteiger charge is -2.36. The standard InChI is InChI=1S/C28H28N2O5/c1-17(2)34-27(32)24-18(3)30(16-20-10-6-5-7-11-20)28(33)29-26(24)25-22-13-9-8-12-21(22)14-15-23(25)35-19(4)31/h5-15,17,26H,16H2,1-4H3,(H,29,33). The van der Waals surface area contributed by atoms with Crippen molar-refractivity contribution in [3.63, 3.8) is 0 Å². The molecule has 1 unspecified atom stereocenters. The Morgan fingerprint density at radius 3 is 2.37 bits per heavy atom. The van der Waals surface area contributed by atoms with Crippen LogP contribution in [0.15, 0.2) is 78.0 Å². The first-order chi connectivity index (χ1) is 16.8. The van der Waals surface area contributed by atoms with Crippen LogP contribution in [0, 0.1) is 0 Å². The highest BCUT2D eigenvalue weighted by Gasteiger charge is 2.39. The van der Waals surface area contributed by atoms with Gasteiger partial charge in [-0.05, 0) is 43.2 Å². The number of esters is 2. The van der Waals surface area contributed by atoms with Crippen molar-refractivity contribution in [1.82, 2.24) is 10.2 Å². The highest BCUT2D eigenvalue weighted by atomic mass is 16.5. The van der Waals surface area contributed by atoms with E-state index >= 15 is 0 Å². The van der Waals surface area contributed by atoms with E-state index in [1.165, 1.54) is 11.8 Å². The Hall–Kier alpha value is -4.13. The Morgan fingerprint density at radius 2 is 1.69 bits per heavy atom. The van der Waals surface area contributed by atoms with E-state index in [1.807, 2.05) is 60.7 Å². The first kappa shape index (κ1) is 24.0. The summed E-state index contributed by atoms with van der Waals surface area (Å²) in [5.74, 6) is -0.760. The number of amides is 2. The lowest BCUT2D eigenvalue weighted by atomic mass is 9.90. The number of ether oxygens (including phenoxy) is 2. The number of carbonyl (C=O) groups excluding carboxylic acids is 3. The second-order valence-corrected chi connectivity index (χ2v) is 8.70. The van der Waals surface area contributed by atoms with Crippen LogP contribution in [0.3, 0.4) is 0 Å². The number of hydrogen-bond donors (Lipinski definition) is 1. The van der Waals surface area contributed by atoms with Gasteiger partial charge < -0.3 is 14.8 Å². The van der Waals surface area contributed by atoms with Crippen molar-refractivity contribution < 1.29 is 23.9 Å². The molecule has 0 saturated heterocycles. The summed E-state index contributed by atoms with van der Waals surface area (Å²) in [6.07, 6.45) is -0.357. The monoisotopic (exact) mass is 472 g/mol. The fraction of sp³-hybridized carbons (Fsp3) is 0.250. The molecule has 180 valence electrons. The molecule has 4 rings (SSSR count). The SMILES string of the molecule is CC(=O)Oc1ccc2ccccc2c1C1NC(=O)N(Cc2ccccc2)C(C)=C1C(=O)OC(C)C. The van der Waals surface area contributed by atoms with Crippen LogP contribution in [-0.2, 0) is 20.9 Å². The van der Waals surface area contributed by atoms with Gasteiger partial charge in [-0.1, -0.05) is 60.7 Å². The molecule has 1 N–H and O–H groups in total. The molecule has 1 aliphatic rings. The summed E-state index contributed by atoms with van der Waals surface area (Å²) >= 11 is 0. The van der Waals surface area contributed by atoms with Crippen LogP contribution in [0.4, 0.5) is 4.79 Å². The number of nitrogens with zero attached hydrogens (tertiary/aromatic N) is 1. The van der Waals surface area contributed by atoms with Gasteiger partial charge in [0.2, 0.25) is 0 Å². The quantitative estimate of drug-likeness (QED) is 0.391. The van der Waals surface area contributed by atoms with E-state index in [9.17, 15) is 14.4 Å². The lowest BCUT2D eigenvalue weighted by molar-refractivity contribution is -0.143. The smallest absolute Gasteiger partial charge is 0.338 e. The Morgan fingerprint density at radius 1 is 1.00 bits per heavy atom. The highest BCUT2D eigenvalue weighted by Crippen LogP contribution is 2.40. The predicted molar refractivity (Wildman–Crippen MR) is 132 cm³/mol. The van der Waals surface area contributed by atoms with E-state index in [2.05, 4.69) is 5.32 Å². The summed E-state index contributed by atoms with van der Waals surface area (Å²) in [5, 5.41) is 4.62. The van der Waals surface area contributed by atoms with Gasteiger partial charge in [0, 0.05) is 18.2 Å². The molecule has 0 bridgehead atoms. The topological polar surface area (TPSA) is 84.9 Å². The zero-order chi connectivity index (χ0) is 25.1. The maximum Gasteiger partial charge on any atom is 0.338 e. The molecule has 7 nitrogen and oxygen atoms in total. The van der Waals surface area contributed by atoms with Gasteiger partial charge >= 0.3 is 18.0 Å². The second-order valence-electron chi connectivity index (χ2n) is 8.70. The van der Waals surface area contributed by atoms with E-state index in [0.717, 1.165) is 16.3 Å². The van der Waals surface area contributed by atoms with Crippen molar-refractivity contribution in [2.75, 3.05) is 0 Å². The van der Waals surface area contributed by atoms with E-state index in [0.29, 0.717) is 16.8 Å². The van der Waals surface area contributed by atoms with Crippen LogP contribution >= 0.6 is 0 Å². The number of urea groups is 1. The van der Waals surface area contributed by atoms with Crippen molar-refractivity contribution >= 4 is 28.7 Å². The van der Waals surface area contributed by atoms with Gasteiger partial charge in [-0.25, -0.2) is 9.59 Å². The van der Waals surface area contributed by atoms with Gasteiger partial charge in [0.05, 0.1) is 24.3 Å². The van der Waals surface area contributed by atoms with Gasteiger partial charge in [0.25, 0.3) is 0 Å². The lowest BCUT2D eigenvalue weighted by Crippen LogP contribution is -2.48. The molecule has 0 spiro atoms. The van der Waals surface area contributed by atoms with Crippen LogP contribution < -0.4 is 10.1 Å². The van der Waals surface area contributed by atoms with Gasteiger partial charge in [-0.3, -0.25) is 9.69 Å². The van der Waals surface area contributed by atoms with Crippen LogP contribution in [0.5, 0.6) is 5.75 Å². The fourth-order valence-corrected chi connectivity index (χ4v) is 4.31. The minimum Gasteiger partial charge on any atom is -0.459 e. The molecule has 0 radical (unpaired) electrons. The summed E-state index contributed by atoms with van der Waals surface area (Å²) in [5.41, 5.74) is 2.22. The van der Waals surface area contributed by atoms with Crippen LogP contribution in [0.1, 0.15) is 44.9 Å². The highest BCUT2D eigenvalue weighted by molar-refractivity contribution is 5.98. The van der Waals surface area contributed by atoms with Gasteiger partial charge in [0.15, 0.2) is 0 Å². The Labute approximate surface area is 204 Å². The zero-order valence-electron chi connectivity index (χ0n) is 20.2. The molecule has 35 heavy (non-hydrogen) atoms. The Bertz CT molecular complexity index is 1310. The normalized spacial score (nSPS) is 15.9. The molecule has 0 aliphatic carbocycles. The molecule has 0 saturated carbocycles. The number of carbonyl (C=O) groups is 3. The maximum absolute atomic E-state index is 13.4. The molecule has 1 aliphatic heterocycles. The average molecular weight is 473 g/mol. The number of allylic oxidation sites excluding steroid dienone is 1. The number of nitrogens with one attached hydrogen (secondary N) is 1. The van der Waals surface area contributed by atoms with Gasteiger partial charge in [-0.15, -0.1) is 0 Å². The molecule has 1 heterocycles. The minimum atomic E-state index is -0.874. The molecule has 0 fully saturated rings. The maximum atomic E-state index is 13.4. The number of rotatable bonds is 6. The molecule has 0 aromatic heterocycles. The molecule has 2 amide bonds. The van der Waals surface area contributed by atoms with Crippen molar-refractivity contribution in [2.24, 2.45) is 0 Å². The minimum absolute atomic E-state index is 0.278. The summed E-state index contributed by atoms with van der Waals surface area (Å²) in [7, 11) is 0. The van der Waals surface area contributed by atoms with Crippen molar-refractivity contribution in [1.29, 1.82) is 0 Å². The third-order valence-electron chi connectivity index (χ3n) is 5.82. The molecule has 7 heteroatoms. The summed E-state index contributed by atoms with van der Waals surface area (Å²) in [6.45, 7) is 6.88. The number of hydrogen-bond acceptors (Lipinski definition) is 5. The molecular formula is C28H28N2O5. The van der Waals surface area contributed by atoms with E-state index < -0.39 is 18.0 Å². The molecule has 3 aromatic carbocycles. The largest absolute Gasteiger partial charge is 0.459 e. The molecular weight excluding hydrogens is 444 g/mol. The number of fused-ring (bicyclic) bond motifs is 1. The van der Waals surface area contributed by atoms with E-state index in [-0.39, 0.29) is 24.4 Å². The average Bonchev–Trinajstić information content (AvgIpc) is 2.81. The third kappa shape index (κ3) is 5.04. The zero-order valence-corrected chi connectivity index (χ0v) is 20.2. The summed E-state index contributed by atoms with van der Waals surface area (Å²) in [4.78, 5) is 40.2. The van der Waals surface area contributed by atoms with E-state index in [1.54, 1.807) is 26.8 Å². The fourth-order valence-electron chi connectivity index (χ4n) is 4.31. The van der Waals surface area contributed by atoms with Crippen molar-refractivity contribution in [2.45, 2.75) is 46.4 Å². The Balaban J connectivity index is 1.91. The van der Waals surface area contributed by atoms with Crippen LogP contribution in [-0.4, -0.2) is 29.0 Å². The Kier molecular flexibility index (Phi) is 6.87. The van der Waals surface area contributed by atoms with E-state index in [4.69, 9.17) is 9.47 Å². The molecule has 1 atom stereocenters. The van der Waals surface area contributed by atoms with Gasteiger partial charge in [-0.2, -0.15) is 0 Å². The molecule has 3 aromatic rings.